The predicted molar refractivity (Wildman–Crippen MR) is 83.0 cm³/mol. The number of nitrogens with one attached hydrogen (secondary N) is 2. The number of carbonyl (C=O) groups excluding carboxylic acids is 2. The van der Waals surface area contributed by atoms with E-state index in [0.29, 0.717) is 11.8 Å². The number of hydrogen-bond acceptors (Lipinski definition) is 3. The summed E-state index contributed by atoms with van der Waals surface area (Å²) in [6.07, 6.45) is 1.45. The first-order chi connectivity index (χ1) is 11.8. The van der Waals surface area contributed by atoms with Crippen LogP contribution in [0.4, 0.5) is 13.2 Å². The Labute approximate surface area is 142 Å². The van der Waals surface area contributed by atoms with Gasteiger partial charge in [0.25, 0.3) is 5.91 Å². The Balaban J connectivity index is 2.09. The molecule has 2 rings (SSSR count). The van der Waals surface area contributed by atoms with Crippen LogP contribution in [-0.2, 0) is 11.3 Å². The van der Waals surface area contributed by atoms with Crippen LogP contribution in [0, 0.1) is 23.4 Å². The van der Waals surface area contributed by atoms with Crippen molar-refractivity contribution < 1.29 is 27.2 Å². The molecule has 0 spiro atoms. The molecule has 5 nitrogen and oxygen atoms in total. The van der Waals surface area contributed by atoms with E-state index in [9.17, 15) is 22.8 Å². The van der Waals surface area contributed by atoms with Crippen LogP contribution in [0.25, 0.3) is 0 Å². The first-order valence-corrected chi connectivity index (χ1v) is 7.55. The smallest absolute Gasteiger partial charge is 0.255 e. The Morgan fingerprint density at radius 3 is 2.44 bits per heavy atom. The van der Waals surface area contributed by atoms with Crippen LogP contribution >= 0.6 is 0 Å². The lowest BCUT2D eigenvalue weighted by Crippen LogP contribution is -2.49. The van der Waals surface area contributed by atoms with Crippen molar-refractivity contribution in [2.75, 3.05) is 0 Å². The Morgan fingerprint density at radius 2 is 1.84 bits per heavy atom. The molecular formula is C17H17F3N2O3. The zero-order chi connectivity index (χ0) is 18.6. The van der Waals surface area contributed by atoms with Gasteiger partial charge in [0.15, 0.2) is 17.5 Å². The highest BCUT2D eigenvalue weighted by atomic mass is 19.2. The second-order valence-corrected chi connectivity index (χ2v) is 5.72. The molecule has 2 aromatic rings. The van der Waals surface area contributed by atoms with Gasteiger partial charge in [-0.15, -0.1) is 0 Å². The minimum absolute atomic E-state index is 0.116. The van der Waals surface area contributed by atoms with Gasteiger partial charge < -0.3 is 15.1 Å². The third-order valence-corrected chi connectivity index (χ3v) is 3.53. The number of carbonyl (C=O) groups is 2. The molecule has 1 heterocycles. The molecule has 0 aliphatic carbocycles. The molecular weight excluding hydrogens is 337 g/mol. The van der Waals surface area contributed by atoms with Crippen molar-refractivity contribution in [1.82, 2.24) is 10.6 Å². The molecule has 0 radical (unpaired) electrons. The van der Waals surface area contributed by atoms with Crippen molar-refractivity contribution in [3.63, 3.8) is 0 Å². The minimum Gasteiger partial charge on any atom is -0.467 e. The summed E-state index contributed by atoms with van der Waals surface area (Å²) in [7, 11) is 0. The highest BCUT2D eigenvalue weighted by molar-refractivity contribution is 5.97. The summed E-state index contributed by atoms with van der Waals surface area (Å²) >= 11 is 0. The normalized spacial score (nSPS) is 12.1. The van der Waals surface area contributed by atoms with Crippen LogP contribution in [0.1, 0.15) is 30.0 Å². The second-order valence-electron chi connectivity index (χ2n) is 5.72. The third kappa shape index (κ3) is 4.40. The summed E-state index contributed by atoms with van der Waals surface area (Å²) in [5.74, 6) is -6.06. The van der Waals surface area contributed by atoms with Crippen LogP contribution in [0.3, 0.4) is 0 Å². The van der Waals surface area contributed by atoms with Gasteiger partial charge in [-0.1, -0.05) is 13.8 Å². The summed E-state index contributed by atoms with van der Waals surface area (Å²) < 4.78 is 45.0. The molecule has 25 heavy (non-hydrogen) atoms. The van der Waals surface area contributed by atoms with E-state index in [1.165, 1.54) is 6.26 Å². The van der Waals surface area contributed by atoms with E-state index < -0.39 is 40.9 Å². The van der Waals surface area contributed by atoms with Gasteiger partial charge in [-0.2, -0.15) is 0 Å². The van der Waals surface area contributed by atoms with Gasteiger partial charge in [0, 0.05) is 0 Å². The van der Waals surface area contributed by atoms with Gasteiger partial charge in [-0.3, -0.25) is 9.59 Å². The Bertz CT molecular complexity index is 761. The zero-order valence-electron chi connectivity index (χ0n) is 13.6. The maximum absolute atomic E-state index is 13.7. The molecule has 0 saturated carbocycles. The van der Waals surface area contributed by atoms with Crippen LogP contribution in [-0.4, -0.2) is 17.9 Å². The fraction of sp³-hybridized carbons (Fsp3) is 0.294. The summed E-state index contributed by atoms with van der Waals surface area (Å²) in [6.45, 7) is 3.47. The lowest BCUT2D eigenvalue weighted by Gasteiger charge is -2.21. The summed E-state index contributed by atoms with van der Waals surface area (Å²) in [6, 6.07) is 3.81. The number of benzene rings is 1. The molecule has 2 amide bonds. The number of hydrogen-bond donors (Lipinski definition) is 2. The largest absolute Gasteiger partial charge is 0.467 e. The zero-order valence-corrected chi connectivity index (χ0v) is 13.6. The molecule has 2 N–H and O–H groups in total. The van der Waals surface area contributed by atoms with E-state index in [1.54, 1.807) is 26.0 Å². The topological polar surface area (TPSA) is 71.3 Å². The number of furan rings is 1. The lowest BCUT2D eigenvalue weighted by molar-refractivity contribution is -0.124. The van der Waals surface area contributed by atoms with E-state index >= 15 is 0 Å². The van der Waals surface area contributed by atoms with Crippen molar-refractivity contribution in [2.24, 2.45) is 5.92 Å². The highest BCUT2D eigenvalue weighted by Crippen LogP contribution is 2.16. The molecule has 0 fully saturated rings. The van der Waals surface area contributed by atoms with E-state index in [0.717, 1.165) is 6.07 Å². The SMILES string of the molecule is CC(C)[C@@H](NC(=O)c1ccc(F)c(F)c1F)C(=O)NCc1ccco1. The summed E-state index contributed by atoms with van der Waals surface area (Å²) in [5.41, 5.74) is -0.677. The molecule has 1 atom stereocenters. The van der Waals surface area contributed by atoms with Gasteiger partial charge in [-0.25, -0.2) is 13.2 Å². The van der Waals surface area contributed by atoms with Gasteiger partial charge >= 0.3 is 0 Å². The molecule has 1 aromatic heterocycles. The Kier molecular flexibility index (Phi) is 5.84. The lowest BCUT2D eigenvalue weighted by atomic mass is 10.0. The average molecular weight is 354 g/mol. The van der Waals surface area contributed by atoms with Gasteiger partial charge in [-0.05, 0) is 30.2 Å². The monoisotopic (exact) mass is 354 g/mol. The highest BCUT2D eigenvalue weighted by Gasteiger charge is 2.27. The number of halogens is 3. The molecule has 0 aliphatic rings. The quantitative estimate of drug-likeness (QED) is 0.784. The Hall–Kier alpha value is -2.77. The fourth-order valence-electron chi connectivity index (χ4n) is 2.15. The number of amides is 2. The molecule has 0 unspecified atom stereocenters. The summed E-state index contributed by atoms with van der Waals surface area (Å²) in [4.78, 5) is 24.4. The fourth-order valence-corrected chi connectivity index (χ4v) is 2.15. The standard InChI is InChI=1S/C17H17F3N2O3/c1-9(2)15(17(24)21-8-10-4-3-7-25-10)22-16(23)11-5-6-12(18)14(20)13(11)19/h3-7,9,15H,8H2,1-2H3,(H,21,24)(H,22,23)/t15-/m1/s1. The second kappa shape index (κ2) is 7.87. The summed E-state index contributed by atoms with van der Waals surface area (Å²) in [5, 5.41) is 4.92. The van der Waals surface area contributed by atoms with Gasteiger partial charge in [0.05, 0.1) is 18.4 Å². The minimum atomic E-state index is -1.74. The van der Waals surface area contributed by atoms with Gasteiger partial charge in [0.1, 0.15) is 11.8 Å². The van der Waals surface area contributed by atoms with E-state index in [2.05, 4.69) is 10.6 Å². The molecule has 1 aromatic carbocycles. The first-order valence-electron chi connectivity index (χ1n) is 7.55. The van der Waals surface area contributed by atoms with E-state index in [4.69, 9.17) is 4.42 Å². The van der Waals surface area contributed by atoms with Crippen LogP contribution < -0.4 is 10.6 Å². The third-order valence-electron chi connectivity index (χ3n) is 3.53. The van der Waals surface area contributed by atoms with Crippen molar-refractivity contribution >= 4 is 11.8 Å². The maximum atomic E-state index is 13.7. The molecule has 8 heteroatoms. The number of rotatable bonds is 6. The molecule has 0 saturated heterocycles. The van der Waals surface area contributed by atoms with Crippen LogP contribution in [0.2, 0.25) is 0 Å². The molecule has 0 aliphatic heterocycles. The maximum Gasteiger partial charge on any atom is 0.255 e. The Morgan fingerprint density at radius 1 is 1.12 bits per heavy atom. The van der Waals surface area contributed by atoms with E-state index in [1.807, 2.05) is 0 Å². The van der Waals surface area contributed by atoms with Crippen molar-refractivity contribution in [2.45, 2.75) is 26.4 Å². The van der Waals surface area contributed by atoms with Crippen molar-refractivity contribution in [1.29, 1.82) is 0 Å². The van der Waals surface area contributed by atoms with Crippen LogP contribution in [0.5, 0.6) is 0 Å². The molecule has 134 valence electrons. The van der Waals surface area contributed by atoms with Gasteiger partial charge in [0.2, 0.25) is 5.91 Å². The average Bonchev–Trinajstić information content (AvgIpc) is 3.08. The first kappa shape index (κ1) is 18.6. The predicted octanol–water partition coefficient (Wildman–Crippen LogP) is 2.77. The van der Waals surface area contributed by atoms with E-state index in [-0.39, 0.29) is 12.5 Å². The van der Waals surface area contributed by atoms with Crippen LogP contribution in [0.15, 0.2) is 34.9 Å². The van der Waals surface area contributed by atoms with Crippen molar-refractivity contribution in [3.05, 3.63) is 59.3 Å². The van der Waals surface area contributed by atoms with Crippen molar-refractivity contribution in [3.8, 4) is 0 Å². The molecule has 0 bridgehead atoms.